The molecule has 0 aliphatic heterocycles. The van der Waals surface area contributed by atoms with Gasteiger partial charge in [-0.05, 0) is 17.7 Å². The van der Waals surface area contributed by atoms with Crippen molar-refractivity contribution in [3.8, 4) is 11.1 Å². The van der Waals surface area contributed by atoms with E-state index in [-0.39, 0.29) is 12.4 Å². The smallest absolute Gasteiger partial charge is 0.123 e. The Hall–Kier alpha value is -2.27. The number of aliphatic hydroxyl groups excluding tert-OH is 1. The van der Waals surface area contributed by atoms with Gasteiger partial charge in [-0.1, -0.05) is 12.1 Å². The molecule has 0 saturated heterocycles. The van der Waals surface area contributed by atoms with Crippen LogP contribution >= 0.6 is 0 Å². The normalized spacial score (nSPS) is 11.1. The van der Waals surface area contributed by atoms with Gasteiger partial charge in [-0.15, -0.1) is 0 Å². The van der Waals surface area contributed by atoms with Crippen LogP contribution < -0.4 is 0 Å². The van der Waals surface area contributed by atoms with Crippen LogP contribution in [-0.2, 0) is 6.54 Å². The van der Waals surface area contributed by atoms with Gasteiger partial charge in [0.05, 0.1) is 31.1 Å². The second kappa shape index (κ2) is 4.78. The maximum Gasteiger partial charge on any atom is 0.123 e. The van der Waals surface area contributed by atoms with Crippen molar-refractivity contribution in [1.82, 2.24) is 14.8 Å². The molecule has 1 N–H and O–H groups in total. The number of halogens is 1. The Morgan fingerprint density at radius 2 is 1.89 bits per heavy atom. The first-order chi connectivity index (χ1) is 9.29. The zero-order valence-corrected chi connectivity index (χ0v) is 10.1. The van der Waals surface area contributed by atoms with Crippen molar-refractivity contribution in [1.29, 1.82) is 0 Å². The molecule has 0 amide bonds. The molecule has 0 aliphatic rings. The average Bonchev–Trinajstić information content (AvgIpc) is 2.84. The highest BCUT2D eigenvalue weighted by atomic mass is 19.1. The molecule has 0 spiro atoms. The minimum Gasteiger partial charge on any atom is -0.394 e. The zero-order valence-electron chi connectivity index (χ0n) is 10.1. The van der Waals surface area contributed by atoms with Gasteiger partial charge in [-0.2, -0.15) is 5.10 Å². The van der Waals surface area contributed by atoms with E-state index < -0.39 is 0 Å². The lowest BCUT2D eigenvalue weighted by molar-refractivity contribution is 0.271. The zero-order chi connectivity index (χ0) is 13.2. The summed E-state index contributed by atoms with van der Waals surface area (Å²) in [4.78, 5) is 4.19. The van der Waals surface area contributed by atoms with E-state index in [0.717, 1.165) is 22.0 Å². The maximum absolute atomic E-state index is 13.0. The first kappa shape index (κ1) is 11.8. The molecule has 0 aliphatic carbocycles. The molecule has 3 rings (SSSR count). The number of pyridine rings is 1. The Kier molecular flexibility index (Phi) is 2.97. The third-order valence-electron chi connectivity index (χ3n) is 3.04. The summed E-state index contributed by atoms with van der Waals surface area (Å²) in [6.07, 6.45) is 5.19. The van der Waals surface area contributed by atoms with E-state index in [1.165, 1.54) is 12.1 Å². The van der Waals surface area contributed by atoms with Crippen LogP contribution in [0.1, 0.15) is 0 Å². The molecular formula is C14H12FN3O. The van der Waals surface area contributed by atoms with Crippen LogP contribution in [0.25, 0.3) is 22.0 Å². The summed E-state index contributed by atoms with van der Waals surface area (Å²) in [6, 6.07) is 6.28. The van der Waals surface area contributed by atoms with E-state index in [2.05, 4.69) is 10.1 Å². The first-order valence-corrected chi connectivity index (χ1v) is 5.96. The minimum absolute atomic E-state index is 0.0254. The van der Waals surface area contributed by atoms with E-state index >= 15 is 0 Å². The Morgan fingerprint density at radius 1 is 1.11 bits per heavy atom. The lowest BCUT2D eigenvalue weighted by atomic mass is 10.0. The lowest BCUT2D eigenvalue weighted by Gasteiger charge is -2.04. The third-order valence-corrected chi connectivity index (χ3v) is 3.04. The van der Waals surface area contributed by atoms with Gasteiger partial charge >= 0.3 is 0 Å². The van der Waals surface area contributed by atoms with Crippen LogP contribution in [-0.4, -0.2) is 26.5 Å². The Labute approximate surface area is 109 Å². The fraction of sp³-hybridized carbons (Fsp3) is 0.143. The van der Waals surface area contributed by atoms with E-state index in [0.29, 0.717) is 6.54 Å². The first-order valence-electron chi connectivity index (χ1n) is 5.96. The van der Waals surface area contributed by atoms with Crippen LogP contribution in [0.2, 0.25) is 0 Å². The fourth-order valence-corrected chi connectivity index (χ4v) is 2.12. The molecule has 2 heterocycles. The molecule has 0 radical (unpaired) electrons. The quantitative estimate of drug-likeness (QED) is 0.782. The van der Waals surface area contributed by atoms with Crippen LogP contribution in [0.15, 0.2) is 42.9 Å². The van der Waals surface area contributed by atoms with Gasteiger partial charge in [0.2, 0.25) is 0 Å². The van der Waals surface area contributed by atoms with Gasteiger partial charge in [0, 0.05) is 17.1 Å². The highest BCUT2D eigenvalue weighted by Crippen LogP contribution is 2.27. The van der Waals surface area contributed by atoms with Crippen LogP contribution in [0.5, 0.6) is 0 Å². The second-order valence-electron chi connectivity index (χ2n) is 4.22. The molecule has 0 fully saturated rings. The summed E-state index contributed by atoms with van der Waals surface area (Å²) < 4.78 is 14.7. The monoisotopic (exact) mass is 257 g/mol. The van der Waals surface area contributed by atoms with Crippen LogP contribution in [0, 0.1) is 5.82 Å². The summed E-state index contributed by atoms with van der Waals surface area (Å²) in [5, 5.41) is 14.2. The maximum atomic E-state index is 13.0. The predicted octanol–water partition coefficient (Wildman–Crippen LogP) is 2.23. The number of hydrogen-bond donors (Lipinski definition) is 1. The molecule has 0 bridgehead atoms. The predicted molar refractivity (Wildman–Crippen MR) is 70.0 cm³/mol. The van der Waals surface area contributed by atoms with E-state index in [1.54, 1.807) is 35.4 Å². The number of aromatic nitrogens is 3. The van der Waals surface area contributed by atoms with Gasteiger partial charge < -0.3 is 5.11 Å². The van der Waals surface area contributed by atoms with Crippen molar-refractivity contribution in [2.24, 2.45) is 0 Å². The van der Waals surface area contributed by atoms with Crippen molar-refractivity contribution in [3.05, 3.63) is 48.7 Å². The van der Waals surface area contributed by atoms with Gasteiger partial charge in [-0.3, -0.25) is 9.67 Å². The van der Waals surface area contributed by atoms with Crippen molar-refractivity contribution in [3.63, 3.8) is 0 Å². The standard InChI is InChI=1S/C14H12FN3O/c15-11-3-1-10(2-4-11)12-7-16-9-14-13(12)8-17-18(14)5-6-19/h1-4,7-9,19H,5-6H2. The van der Waals surface area contributed by atoms with Gasteiger partial charge in [-0.25, -0.2) is 4.39 Å². The second-order valence-corrected chi connectivity index (χ2v) is 4.22. The third kappa shape index (κ3) is 2.08. The summed E-state index contributed by atoms with van der Waals surface area (Å²) in [6.45, 7) is 0.454. The van der Waals surface area contributed by atoms with Crippen molar-refractivity contribution >= 4 is 10.9 Å². The minimum atomic E-state index is -0.264. The Morgan fingerprint density at radius 3 is 2.63 bits per heavy atom. The van der Waals surface area contributed by atoms with Crippen molar-refractivity contribution in [2.75, 3.05) is 6.61 Å². The molecule has 0 unspecified atom stereocenters. The summed E-state index contributed by atoms with van der Waals surface area (Å²) in [7, 11) is 0. The van der Waals surface area contributed by atoms with E-state index in [9.17, 15) is 4.39 Å². The molecule has 0 atom stereocenters. The van der Waals surface area contributed by atoms with Crippen molar-refractivity contribution in [2.45, 2.75) is 6.54 Å². The van der Waals surface area contributed by atoms with E-state index in [4.69, 9.17) is 5.11 Å². The molecular weight excluding hydrogens is 245 g/mol. The SMILES string of the molecule is OCCn1ncc2c(-c3ccc(F)cc3)cncc21. The number of nitrogens with zero attached hydrogens (tertiary/aromatic N) is 3. The summed E-state index contributed by atoms with van der Waals surface area (Å²) in [5.41, 5.74) is 2.65. The van der Waals surface area contributed by atoms with Crippen molar-refractivity contribution < 1.29 is 9.50 Å². The van der Waals surface area contributed by atoms with Crippen LogP contribution in [0.4, 0.5) is 4.39 Å². The summed E-state index contributed by atoms with van der Waals surface area (Å²) >= 11 is 0. The Balaban J connectivity index is 2.16. The number of rotatable bonds is 3. The highest BCUT2D eigenvalue weighted by molar-refractivity contribution is 5.93. The number of aliphatic hydroxyl groups is 1. The molecule has 5 heteroatoms. The molecule has 2 aromatic heterocycles. The number of hydrogen-bond acceptors (Lipinski definition) is 3. The molecule has 3 aromatic rings. The lowest BCUT2D eigenvalue weighted by Crippen LogP contribution is -2.03. The number of fused-ring (bicyclic) bond motifs is 1. The van der Waals surface area contributed by atoms with Crippen LogP contribution in [0.3, 0.4) is 0 Å². The largest absolute Gasteiger partial charge is 0.394 e. The average molecular weight is 257 g/mol. The Bertz CT molecular complexity index is 706. The van der Waals surface area contributed by atoms with Gasteiger partial charge in [0.25, 0.3) is 0 Å². The molecule has 96 valence electrons. The van der Waals surface area contributed by atoms with E-state index in [1.807, 2.05) is 0 Å². The summed E-state index contributed by atoms with van der Waals surface area (Å²) in [5.74, 6) is -0.264. The molecule has 1 aromatic carbocycles. The highest BCUT2D eigenvalue weighted by Gasteiger charge is 2.09. The van der Waals surface area contributed by atoms with Gasteiger partial charge in [0.15, 0.2) is 0 Å². The number of benzene rings is 1. The van der Waals surface area contributed by atoms with Gasteiger partial charge in [0.1, 0.15) is 5.82 Å². The fourth-order valence-electron chi connectivity index (χ4n) is 2.12. The molecule has 0 saturated carbocycles. The topological polar surface area (TPSA) is 50.9 Å². The molecule has 4 nitrogen and oxygen atoms in total. The molecule has 19 heavy (non-hydrogen) atoms.